The van der Waals surface area contributed by atoms with E-state index in [9.17, 15) is 8.76 Å². The van der Waals surface area contributed by atoms with Gasteiger partial charge in [-0.1, -0.05) is 18.5 Å². The second-order valence-corrected chi connectivity index (χ2v) is 8.60. The summed E-state index contributed by atoms with van der Waals surface area (Å²) in [5, 5.41) is 3.71. The molecule has 7 nitrogen and oxygen atoms in total. The summed E-state index contributed by atoms with van der Waals surface area (Å²) in [6, 6.07) is 15.3. The molecule has 3 N–H and O–H groups in total. The van der Waals surface area contributed by atoms with Crippen molar-refractivity contribution in [2.45, 2.75) is 32.2 Å². The van der Waals surface area contributed by atoms with Gasteiger partial charge in [0.25, 0.3) is 11.3 Å². The van der Waals surface area contributed by atoms with Crippen LogP contribution in [0.4, 0.5) is 11.4 Å². The van der Waals surface area contributed by atoms with E-state index in [0.29, 0.717) is 10.9 Å². The van der Waals surface area contributed by atoms with Crippen molar-refractivity contribution in [2.75, 3.05) is 30.4 Å². The Morgan fingerprint density at radius 1 is 1.23 bits per heavy atom. The third-order valence-electron chi connectivity index (χ3n) is 5.53. The average molecular weight is 465 g/mol. The highest BCUT2D eigenvalue weighted by Gasteiger charge is 2.26. The van der Waals surface area contributed by atoms with Crippen LogP contribution in [0.5, 0.6) is 5.75 Å². The Bertz CT molecular complexity index is 885. The van der Waals surface area contributed by atoms with Crippen molar-refractivity contribution in [1.82, 2.24) is 4.72 Å². The zero-order valence-corrected chi connectivity index (χ0v) is 19.3. The summed E-state index contributed by atoms with van der Waals surface area (Å²) in [6.07, 6.45) is 2.85. The molecule has 2 unspecified atom stereocenters. The Kier molecular flexibility index (Phi) is 8.57. The molecule has 3 rings (SSSR count). The number of hydrogen-bond acceptors (Lipinski definition) is 4. The lowest BCUT2D eigenvalue weighted by atomic mass is 9.88. The number of halogens is 1. The first-order valence-corrected chi connectivity index (χ1v) is 11.8. The number of guanidine groups is 1. The van der Waals surface area contributed by atoms with Gasteiger partial charge in [0.1, 0.15) is 5.75 Å². The van der Waals surface area contributed by atoms with Crippen molar-refractivity contribution in [3.63, 3.8) is 0 Å². The number of piperidine rings is 1. The third kappa shape index (κ3) is 6.85. The number of nitrogens with one attached hydrogen (secondary N) is 2. The lowest BCUT2D eigenvalue weighted by Crippen LogP contribution is -2.39. The van der Waals surface area contributed by atoms with Gasteiger partial charge in [0.15, 0.2) is 0 Å². The van der Waals surface area contributed by atoms with Gasteiger partial charge in [-0.25, -0.2) is 9.20 Å². The van der Waals surface area contributed by atoms with Crippen molar-refractivity contribution >= 4 is 40.2 Å². The smallest absolute Gasteiger partial charge is 0.261 e. The number of hydrogen-bond donors (Lipinski definition) is 3. The van der Waals surface area contributed by atoms with E-state index in [0.717, 1.165) is 43.8 Å². The minimum atomic E-state index is -2.22. The first kappa shape index (κ1) is 23.4. The zero-order valence-electron chi connectivity index (χ0n) is 17.8. The van der Waals surface area contributed by atoms with E-state index < -0.39 is 11.3 Å². The standard InChI is InChI=1S/C22H29ClN4O3S/c1-3-21(25-22(26-31(28)29)24-18-6-4-17(23)5-7-18)16-12-14-27(15-13-16)19-8-10-20(30-2)11-9-19/h4-11,16,21H,3,12-15H2,1-2H3,(H,28,29)(H2,24,25,26). The SMILES string of the molecule is CCC(N=C(Nc1ccc(Cl)cc1)NS(=O)O)C1CCN(c2ccc(OC)cc2)CC1. The highest BCUT2D eigenvalue weighted by atomic mass is 35.5. The predicted octanol–water partition coefficient (Wildman–Crippen LogP) is 4.54. The number of benzene rings is 2. The molecule has 0 amide bonds. The van der Waals surface area contributed by atoms with Crippen LogP contribution in [0.15, 0.2) is 53.5 Å². The molecule has 2 aromatic carbocycles. The van der Waals surface area contributed by atoms with Gasteiger partial charge in [0, 0.05) is 29.5 Å². The van der Waals surface area contributed by atoms with Gasteiger partial charge >= 0.3 is 0 Å². The van der Waals surface area contributed by atoms with Crippen LogP contribution >= 0.6 is 11.6 Å². The normalized spacial score (nSPS) is 17.2. The summed E-state index contributed by atoms with van der Waals surface area (Å²) in [4.78, 5) is 7.15. The molecule has 9 heteroatoms. The Balaban J connectivity index is 1.66. The maximum Gasteiger partial charge on any atom is 0.261 e. The van der Waals surface area contributed by atoms with Gasteiger partial charge in [-0.2, -0.15) is 0 Å². The van der Waals surface area contributed by atoms with Gasteiger partial charge in [-0.05, 0) is 73.7 Å². The largest absolute Gasteiger partial charge is 0.497 e. The van der Waals surface area contributed by atoms with Crippen molar-refractivity contribution in [2.24, 2.45) is 10.9 Å². The second kappa shape index (κ2) is 11.4. The van der Waals surface area contributed by atoms with Crippen LogP contribution in [0, 0.1) is 5.92 Å². The van der Waals surface area contributed by atoms with Gasteiger partial charge in [0.2, 0.25) is 5.96 Å². The molecule has 2 atom stereocenters. The molecule has 0 aliphatic carbocycles. The minimum Gasteiger partial charge on any atom is -0.497 e. The molecule has 0 radical (unpaired) electrons. The molecule has 0 bridgehead atoms. The summed E-state index contributed by atoms with van der Waals surface area (Å²) in [6.45, 7) is 3.99. The molecule has 0 saturated carbocycles. The molecule has 2 aromatic rings. The number of aliphatic imine (C=N–C) groups is 1. The molecule has 0 aromatic heterocycles. The van der Waals surface area contributed by atoms with E-state index >= 15 is 0 Å². The summed E-state index contributed by atoms with van der Waals surface area (Å²) in [5.41, 5.74) is 1.93. The highest BCUT2D eigenvalue weighted by Crippen LogP contribution is 2.29. The van der Waals surface area contributed by atoms with Crippen molar-refractivity contribution in [1.29, 1.82) is 0 Å². The lowest BCUT2D eigenvalue weighted by Gasteiger charge is -2.36. The monoisotopic (exact) mass is 464 g/mol. The van der Waals surface area contributed by atoms with Gasteiger partial charge in [0.05, 0.1) is 13.2 Å². The fourth-order valence-corrected chi connectivity index (χ4v) is 4.26. The lowest BCUT2D eigenvalue weighted by molar-refractivity contribution is 0.335. The van der Waals surface area contributed by atoms with E-state index in [2.05, 4.69) is 34.0 Å². The Hall–Kier alpha value is -2.29. The molecule has 1 fully saturated rings. The zero-order chi connectivity index (χ0) is 22.2. The summed E-state index contributed by atoms with van der Waals surface area (Å²) >= 11 is 3.72. The number of anilines is 2. The number of rotatable bonds is 7. The summed E-state index contributed by atoms with van der Waals surface area (Å²) < 4.78 is 28.5. The molecule has 31 heavy (non-hydrogen) atoms. The summed E-state index contributed by atoms with van der Waals surface area (Å²) in [5.74, 6) is 1.54. The first-order chi connectivity index (χ1) is 15.0. The quantitative estimate of drug-likeness (QED) is 0.318. The molecule has 1 saturated heterocycles. The molecule has 1 heterocycles. The Morgan fingerprint density at radius 3 is 2.42 bits per heavy atom. The maximum absolute atomic E-state index is 11.4. The second-order valence-electron chi connectivity index (χ2n) is 7.46. The topological polar surface area (TPSA) is 86.2 Å². The fraction of sp³-hybridized carbons (Fsp3) is 0.409. The van der Waals surface area contributed by atoms with E-state index in [1.165, 1.54) is 5.69 Å². The number of nitrogens with zero attached hydrogens (tertiary/aromatic N) is 2. The molecular formula is C22H29ClN4O3S. The van der Waals surface area contributed by atoms with Crippen LogP contribution in [0.25, 0.3) is 0 Å². The van der Waals surface area contributed by atoms with Crippen LogP contribution in [0.1, 0.15) is 26.2 Å². The molecule has 0 spiro atoms. The van der Waals surface area contributed by atoms with Crippen molar-refractivity contribution < 1.29 is 13.5 Å². The predicted molar refractivity (Wildman–Crippen MR) is 128 cm³/mol. The van der Waals surface area contributed by atoms with Crippen LogP contribution in [0.2, 0.25) is 5.02 Å². The molecule has 1 aliphatic rings. The maximum atomic E-state index is 11.4. The van der Waals surface area contributed by atoms with Crippen LogP contribution < -0.4 is 19.7 Å². The van der Waals surface area contributed by atoms with Gasteiger partial charge in [-0.15, -0.1) is 0 Å². The van der Waals surface area contributed by atoms with Crippen molar-refractivity contribution in [3.8, 4) is 5.75 Å². The minimum absolute atomic E-state index is 0.0452. The van der Waals surface area contributed by atoms with Crippen molar-refractivity contribution in [3.05, 3.63) is 53.6 Å². The number of methoxy groups -OCH3 is 1. The fourth-order valence-electron chi connectivity index (χ4n) is 3.87. The van der Waals surface area contributed by atoms with Gasteiger partial charge in [-0.3, -0.25) is 9.27 Å². The van der Waals surface area contributed by atoms with Crippen LogP contribution in [-0.4, -0.2) is 41.0 Å². The van der Waals surface area contributed by atoms with Crippen LogP contribution in [-0.2, 0) is 11.3 Å². The van der Waals surface area contributed by atoms with E-state index in [1.807, 2.05) is 12.1 Å². The molecular weight excluding hydrogens is 436 g/mol. The third-order valence-corrected chi connectivity index (χ3v) is 6.15. The number of ether oxygens (including phenoxy) is 1. The van der Waals surface area contributed by atoms with Crippen LogP contribution in [0.3, 0.4) is 0 Å². The Labute approximate surface area is 191 Å². The van der Waals surface area contributed by atoms with Gasteiger partial charge < -0.3 is 15.0 Å². The first-order valence-electron chi connectivity index (χ1n) is 10.4. The highest BCUT2D eigenvalue weighted by molar-refractivity contribution is 7.77. The average Bonchev–Trinajstić information content (AvgIpc) is 2.78. The van der Waals surface area contributed by atoms with E-state index in [-0.39, 0.29) is 12.0 Å². The Morgan fingerprint density at radius 2 is 1.87 bits per heavy atom. The summed E-state index contributed by atoms with van der Waals surface area (Å²) in [7, 11) is 1.67. The van der Waals surface area contributed by atoms with E-state index in [1.54, 1.807) is 31.4 Å². The molecule has 1 aliphatic heterocycles. The molecule has 168 valence electrons. The van der Waals surface area contributed by atoms with E-state index in [4.69, 9.17) is 21.3 Å².